The Labute approximate surface area is 266 Å². The number of aliphatic hydroxyl groups excluding tert-OH is 1. The van der Waals surface area contributed by atoms with Crippen molar-refractivity contribution >= 4 is 23.7 Å². The predicted octanol–water partition coefficient (Wildman–Crippen LogP) is 3.70. The number of carbonyl (C=O) groups excluding carboxylic acids is 4. The summed E-state index contributed by atoms with van der Waals surface area (Å²) in [5.41, 5.74) is -0.432. The summed E-state index contributed by atoms with van der Waals surface area (Å²) in [6.45, 7) is 13.3. The second kappa shape index (κ2) is 15.2. The van der Waals surface area contributed by atoms with Gasteiger partial charge in [0.25, 0.3) is 0 Å². The first-order valence-corrected chi connectivity index (χ1v) is 16.3. The number of likely N-dealkylation sites (tertiary alicyclic amines) is 1. The van der Waals surface area contributed by atoms with Gasteiger partial charge < -0.3 is 29.7 Å². The van der Waals surface area contributed by atoms with E-state index in [1.165, 1.54) is 4.90 Å². The van der Waals surface area contributed by atoms with Crippen LogP contribution in [0.25, 0.3) is 0 Å². The molecular formula is C35H49N3O7. The van der Waals surface area contributed by atoms with Crippen LogP contribution in [-0.4, -0.2) is 88.2 Å². The second-order valence-corrected chi connectivity index (χ2v) is 12.4. The third-order valence-electron chi connectivity index (χ3n) is 9.68. The van der Waals surface area contributed by atoms with Crippen LogP contribution in [0.1, 0.15) is 77.3 Å². The summed E-state index contributed by atoms with van der Waals surface area (Å²) < 4.78 is 12.1. The van der Waals surface area contributed by atoms with Crippen molar-refractivity contribution in [2.75, 3.05) is 19.8 Å². The van der Waals surface area contributed by atoms with E-state index in [9.17, 15) is 24.3 Å². The zero-order valence-electron chi connectivity index (χ0n) is 26.9. The molecule has 0 saturated carbocycles. The van der Waals surface area contributed by atoms with Crippen LogP contribution >= 0.6 is 0 Å². The van der Waals surface area contributed by atoms with Crippen molar-refractivity contribution < 1.29 is 33.8 Å². The van der Waals surface area contributed by atoms with E-state index in [1.807, 2.05) is 44.2 Å². The van der Waals surface area contributed by atoms with Gasteiger partial charge in [0.05, 0.1) is 36.6 Å². The van der Waals surface area contributed by atoms with Crippen molar-refractivity contribution in [2.24, 2.45) is 11.8 Å². The highest BCUT2D eigenvalue weighted by Crippen LogP contribution is 2.59. The molecule has 10 nitrogen and oxygen atoms in total. The SMILES string of the molecule is C=CCCC(=O)OC[C@@H](NC(=O)[C@@H]1[C@H]2C(=O)N([C@@H](CC)CO)[C@H](C(=O)N(CC=C)C(C)CCC)[C@]23CC[C@H]1O3)c1ccccc1. The maximum Gasteiger partial charge on any atom is 0.306 e. The summed E-state index contributed by atoms with van der Waals surface area (Å²) in [6, 6.07) is 6.91. The van der Waals surface area contributed by atoms with E-state index < -0.39 is 47.6 Å². The number of carbonyl (C=O) groups is 4. The van der Waals surface area contributed by atoms with Gasteiger partial charge in [0.1, 0.15) is 18.2 Å². The number of rotatable bonds is 17. The Kier molecular flexibility index (Phi) is 11.6. The van der Waals surface area contributed by atoms with Gasteiger partial charge in [-0.2, -0.15) is 0 Å². The maximum atomic E-state index is 14.5. The second-order valence-electron chi connectivity index (χ2n) is 12.4. The van der Waals surface area contributed by atoms with E-state index in [0.29, 0.717) is 32.2 Å². The molecule has 4 rings (SSSR count). The standard InChI is InChI=1S/C35H49N3O7/c1-6-10-17-28(40)44-22-26(24-15-12-11-13-16-24)36-32(41)29-27-18-19-35(45-27)30(29)33(42)38(25(9-4)21-39)31(35)34(43)37(20-8-3)23(5)14-7-2/h6,8,11-13,15-16,23,25-27,29-31,39H,1,3,7,9-10,14,17-22H2,2,4-5H3,(H,36,41)/t23?,25-,26+,27+,29-,30-,31+,35-/m0/s1. The molecule has 3 fully saturated rings. The third kappa shape index (κ3) is 6.72. The van der Waals surface area contributed by atoms with Crippen molar-refractivity contribution in [1.29, 1.82) is 0 Å². The van der Waals surface area contributed by atoms with Crippen LogP contribution in [0.5, 0.6) is 0 Å². The minimum atomic E-state index is -1.19. The van der Waals surface area contributed by atoms with Gasteiger partial charge in [-0.1, -0.05) is 62.8 Å². The van der Waals surface area contributed by atoms with E-state index in [0.717, 1.165) is 18.4 Å². The molecule has 1 spiro atoms. The number of ether oxygens (including phenoxy) is 2. The Morgan fingerprint density at radius 2 is 1.96 bits per heavy atom. The van der Waals surface area contributed by atoms with Gasteiger partial charge in [-0.3, -0.25) is 19.2 Å². The van der Waals surface area contributed by atoms with E-state index in [2.05, 4.69) is 25.4 Å². The molecule has 3 heterocycles. The highest BCUT2D eigenvalue weighted by molar-refractivity contribution is 5.99. The van der Waals surface area contributed by atoms with Gasteiger partial charge in [0.15, 0.2) is 0 Å². The van der Waals surface area contributed by atoms with Crippen molar-refractivity contribution in [2.45, 2.75) is 102 Å². The molecule has 3 saturated heterocycles. The fraction of sp³-hybridized carbons (Fsp3) is 0.600. The van der Waals surface area contributed by atoms with Crippen molar-refractivity contribution in [3.8, 4) is 0 Å². The Hall–Kier alpha value is -3.50. The smallest absolute Gasteiger partial charge is 0.306 e. The lowest BCUT2D eigenvalue weighted by Crippen LogP contribution is -2.60. The molecule has 1 aromatic rings. The number of allylic oxidation sites excluding steroid dienone is 1. The number of hydrogen-bond acceptors (Lipinski definition) is 7. The van der Waals surface area contributed by atoms with Crippen molar-refractivity contribution in [3.63, 3.8) is 0 Å². The van der Waals surface area contributed by atoms with E-state index >= 15 is 0 Å². The predicted molar refractivity (Wildman–Crippen MR) is 170 cm³/mol. The summed E-state index contributed by atoms with van der Waals surface area (Å²) in [4.78, 5) is 58.6. The van der Waals surface area contributed by atoms with Crippen molar-refractivity contribution in [3.05, 3.63) is 61.2 Å². The van der Waals surface area contributed by atoms with Crippen LogP contribution in [0.2, 0.25) is 0 Å². The molecule has 3 aliphatic heterocycles. The molecule has 2 bridgehead atoms. The van der Waals surface area contributed by atoms with Gasteiger partial charge in [0, 0.05) is 19.0 Å². The molecule has 3 aliphatic rings. The van der Waals surface area contributed by atoms with Crippen LogP contribution in [0.3, 0.4) is 0 Å². The van der Waals surface area contributed by atoms with E-state index in [4.69, 9.17) is 9.47 Å². The average Bonchev–Trinajstić information content (AvgIpc) is 3.69. The summed E-state index contributed by atoms with van der Waals surface area (Å²) in [5.74, 6) is -3.09. The third-order valence-corrected chi connectivity index (χ3v) is 9.68. The first kappa shape index (κ1) is 34.4. The highest BCUT2D eigenvalue weighted by Gasteiger charge is 2.75. The first-order valence-electron chi connectivity index (χ1n) is 16.3. The van der Waals surface area contributed by atoms with Crippen molar-refractivity contribution in [1.82, 2.24) is 15.1 Å². The molecule has 1 aromatic carbocycles. The van der Waals surface area contributed by atoms with E-state index in [-0.39, 0.29) is 43.4 Å². The molecule has 1 unspecified atom stereocenters. The molecule has 3 amide bonds. The molecule has 0 aliphatic carbocycles. The normalized spacial score (nSPS) is 26.9. The number of amides is 3. The summed E-state index contributed by atoms with van der Waals surface area (Å²) in [5, 5.41) is 13.4. The van der Waals surface area contributed by atoms with Crippen LogP contribution < -0.4 is 5.32 Å². The number of benzene rings is 1. The largest absolute Gasteiger partial charge is 0.463 e. The number of aliphatic hydroxyl groups is 1. The minimum Gasteiger partial charge on any atom is -0.463 e. The number of fused-ring (bicyclic) bond motifs is 1. The van der Waals surface area contributed by atoms with Crippen LogP contribution in [0.4, 0.5) is 0 Å². The van der Waals surface area contributed by atoms with Crippen LogP contribution in [0, 0.1) is 11.8 Å². The first-order chi connectivity index (χ1) is 21.7. The quantitative estimate of drug-likeness (QED) is 0.200. The molecule has 45 heavy (non-hydrogen) atoms. The molecule has 2 N–H and O–H groups in total. The monoisotopic (exact) mass is 623 g/mol. The molecular weight excluding hydrogens is 574 g/mol. The Balaban J connectivity index is 1.66. The Morgan fingerprint density at radius 1 is 1.22 bits per heavy atom. The molecule has 10 heteroatoms. The fourth-order valence-electron chi connectivity index (χ4n) is 7.48. The maximum absolute atomic E-state index is 14.5. The number of nitrogens with zero attached hydrogens (tertiary/aromatic N) is 2. The summed E-state index contributed by atoms with van der Waals surface area (Å²) >= 11 is 0. The number of hydrogen-bond donors (Lipinski definition) is 2. The number of esters is 1. The zero-order chi connectivity index (χ0) is 32.7. The zero-order valence-corrected chi connectivity index (χ0v) is 26.9. The minimum absolute atomic E-state index is 0.0742. The molecule has 8 atom stereocenters. The van der Waals surface area contributed by atoms with Gasteiger partial charge in [-0.15, -0.1) is 13.2 Å². The molecule has 246 valence electrons. The van der Waals surface area contributed by atoms with Gasteiger partial charge in [0.2, 0.25) is 17.7 Å². The number of nitrogens with one attached hydrogen (secondary N) is 1. The molecule has 0 aromatic heterocycles. The lowest BCUT2D eigenvalue weighted by molar-refractivity contribution is -0.152. The summed E-state index contributed by atoms with van der Waals surface area (Å²) in [6.07, 6.45) is 6.53. The van der Waals surface area contributed by atoms with Crippen LogP contribution in [0.15, 0.2) is 55.6 Å². The lowest BCUT2D eigenvalue weighted by atomic mass is 9.70. The summed E-state index contributed by atoms with van der Waals surface area (Å²) in [7, 11) is 0. The van der Waals surface area contributed by atoms with Gasteiger partial charge in [-0.05, 0) is 44.6 Å². The Bertz CT molecular complexity index is 1230. The van der Waals surface area contributed by atoms with Crippen LogP contribution in [-0.2, 0) is 28.7 Å². The highest BCUT2D eigenvalue weighted by atomic mass is 16.5. The average molecular weight is 624 g/mol. The molecule has 0 radical (unpaired) electrons. The van der Waals surface area contributed by atoms with Gasteiger partial charge in [-0.25, -0.2) is 0 Å². The lowest BCUT2D eigenvalue weighted by Gasteiger charge is -2.40. The topological polar surface area (TPSA) is 125 Å². The Morgan fingerprint density at radius 3 is 2.58 bits per heavy atom. The van der Waals surface area contributed by atoms with E-state index in [1.54, 1.807) is 17.1 Å². The van der Waals surface area contributed by atoms with Gasteiger partial charge >= 0.3 is 5.97 Å². The fourth-order valence-corrected chi connectivity index (χ4v) is 7.48.